The van der Waals surface area contributed by atoms with Crippen molar-refractivity contribution in [3.63, 3.8) is 0 Å². The van der Waals surface area contributed by atoms with Crippen LogP contribution in [-0.2, 0) is 6.54 Å². The third-order valence-corrected chi connectivity index (χ3v) is 4.76. The Labute approximate surface area is 157 Å². The van der Waals surface area contributed by atoms with Crippen molar-refractivity contribution >= 4 is 23.4 Å². The first-order chi connectivity index (χ1) is 12.7. The topological polar surface area (TPSA) is 76.1 Å². The van der Waals surface area contributed by atoms with Crippen LogP contribution in [0.25, 0.3) is 5.82 Å². The molecule has 0 saturated carbocycles. The number of halogens is 1. The first-order valence-electron chi connectivity index (χ1n) is 8.53. The van der Waals surface area contributed by atoms with Crippen molar-refractivity contribution in [3.05, 3.63) is 59.6 Å². The molecule has 2 N–H and O–H groups in total. The molecule has 4 rings (SSSR count). The number of nitrogens with zero attached hydrogens (tertiary/aromatic N) is 6. The lowest BCUT2D eigenvalue weighted by molar-refractivity contribution is 0.245. The molecule has 0 aromatic carbocycles. The molecule has 0 spiro atoms. The first kappa shape index (κ1) is 16.8. The number of rotatable bonds is 4. The fourth-order valence-electron chi connectivity index (χ4n) is 3.18. The Balaban J connectivity index is 1.41. The largest absolute Gasteiger partial charge is 0.368 e. The van der Waals surface area contributed by atoms with Crippen LogP contribution < -0.4 is 10.6 Å². The lowest BCUT2D eigenvalue weighted by atomic mass is 10.3. The number of hydrogen-bond donors (Lipinski definition) is 1. The fourth-order valence-corrected chi connectivity index (χ4v) is 3.30. The van der Waals surface area contributed by atoms with Gasteiger partial charge in [0.25, 0.3) is 0 Å². The van der Waals surface area contributed by atoms with Crippen LogP contribution in [0.1, 0.15) is 5.69 Å². The molecule has 1 aliphatic rings. The highest BCUT2D eigenvalue weighted by Gasteiger charge is 2.19. The van der Waals surface area contributed by atoms with Gasteiger partial charge in [-0.05, 0) is 30.3 Å². The van der Waals surface area contributed by atoms with Crippen LogP contribution in [0.3, 0.4) is 0 Å². The second-order valence-corrected chi connectivity index (χ2v) is 6.68. The second-order valence-electron chi connectivity index (χ2n) is 6.24. The Morgan fingerprint density at radius 3 is 2.58 bits per heavy atom. The van der Waals surface area contributed by atoms with E-state index in [1.165, 1.54) is 5.69 Å². The molecule has 3 aromatic rings. The first-order valence-corrected chi connectivity index (χ1v) is 8.91. The van der Waals surface area contributed by atoms with Gasteiger partial charge in [-0.1, -0.05) is 11.6 Å². The molecule has 0 amide bonds. The van der Waals surface area contributed by atoms with Gasteiger partial charge in [0.05, 0.1) is 5.02 Å². The van der Waals surface area contributed by atoms with Crippen molar-refractivity contribution in [2.75, 3.05) is 36.8 Å². The van der Waals surface area contributed by atoms with Crippen LogP contribution in [0, 0.1) is 0 Å². The SMILES string of the molecule is Nc1nccc(N2CCN(Cc3cccn3-c3ccc(Cl)cn3)CC2)n1. The van der Waals surface area contributed by atoms with E-state index in [0.717, 1.165) is 44.4 Å². The maximum absolute atomic E-state index is 5.94. The molecule has 26 heavy (non-hydrogen) atoms. The van der Waals surface area contributed by atoms with E-state index in [-0.39, 0.29) is 0 Å². The second kappa shape index (κ2) is 7.31. The number of nitrogens with two attached hydrogens (primary N) is 1. The van der Waals surface area contributed by atoms with Gasteiger partial charge >= 0.3 is 0 Å². The van der Waals surface area contributed by atoms with Gasteiger partial charge in [-0.3, -0.25) is 4.90 Å². The van der Waals surface area contributed by atoms with E-state index in [1.807, 2.05) is 30.5 Å². The third kappa shape index (κ3) is 3.63. The number of pyridine rings is 1. The molecule has 1 fully saturated rings. The summed E-state index contributed by atoms with van der Waals surface area (Å²) in [5.74, 6) is 2.09. The molecular weight excluding hydrogens is 350 g/mol. The van der Waals surface area contributed by atoms with Crippen LogP contribution >= 0.6 is 11.6 Å². The Kier molecular flexibility index (Phi) is 4.73. The van der Waals surface area contributed by atoms with Crippen LogP contribution in [0.4, 0.5) is 11.8 Å². The molecule has 3 aromatic heterocycles. The van der Waals surface area contributed by atoms with Crippen LogP contribution in [-0.4, -0.2) is 50.6 Å². The maximum Gasteiger partial charge on any atom is 0.221 e. The van der Waals surface area contributed by atoms with Gasteiger partial charge in [0, 0.05) is 57.0 Å². The number of nitrogen functional groups attached to an aromatic ring is 1. The van der Waals surface area contributed by atoms with E-state index >= 15 is 0 Å². The summed E-state index contributed by atoms with van der Waals surface area (Å²) in [5.41, 5.74) is 6.90. The lowest BCUT2D eigenvalue weighted by Crippen LogP contribution is -2.46. The van der Waals surface area contributed by atoms with Gasteiger partial charge in [-0.25, -0.2) is 9.97 Å². The zero-order valence-electron chi connectivity index (χ0n) is 14.3. The van der Waals surface area contributed by atoms with E-state index in [4.69, 9.17) is 17.3 Å². The van der Waals surface area contributed by atoms with Crippen molar-refractivity contribution in [1.29, 1.82) is 0 Å². The Morgan fingerprint density at radius 2 is 1.85 bits per heavy atom. The number of anilines is 2. The quantitative estimate of drug-likeness (QED) is 0.760. The van der Waals surface area contributed by atoms with E-state index in [0.29, 0.717) is 11.0 Å². The van der Waals surface area contributed by atoms with Crippen molar-refractivity contribution in [1.82, 2.24) is 24.4 Å². The van der Waals surface area contributed by atoms with E-state index in [9.17, 15) is 0 Å². The molecule has 134 valence electrons. The molecular formula is C18H20ClN7. The Hall–Kier alpha value is -2.64. The average molecular weight is 370 g/mol. The van der Waals surface area contributed by atoms with Crippen molar-refractivity contribution < 1.29 is 0 Å². The smallest absolute Gasteiger partial charge is 0.221 e. The standard InChI is InChI=1S/C18H20ClN7/c19-14-3-4-16(22-12-14)26-7-1-2-15(26)13-24-8-10-25(11-9-24)17-5-6-21-18(20)23-17/h1-7,12H,8-11,13H2,(H2,20,21,23). The molecule has 1 saturated heterocycles. The highest BCUT2D eigenvalue weighted by Crippen LogP contribution is 2.18. The lowest BCUT2D eigenvalue weighted by Gasteiger charge is -2.35. The van der Waals surface area contributed by atoms with Gasteiger partial charge < -0.3 is 15.2 Å². The molecule has 8 heteroatoms. The molecule has 1 aliphatic heterocycles. The van der Waals surface area contributed by atoms with Crippen LogP contribution in [0.5, 0.6) is 0 Å². The maximum atomic E-state index is 5.94. The average Bonchev–Trinajstić information content (AvgIpc) is 3.11. The van der Waals surface area contributed by atoms with Crippen LogP contribution in [0.15, 0.2) is 48.9 Å². The molecule has 7 nitrogen and oxygen atoms in total. The van der Waals surface area contributed by atoms with Gasteiger partial charge in [0.1, 0.15) is 11.6 Å². The summed E-state index contributed by atoms with van der Waals surface area (Å²) >= 11 is 5.94. The summed E-state index contributed by atoms with van der Waals surface area (Å²) < 4.78 is 2.10. The monoisotopic (exact) mass is 369 g/mol. The van der Waals surface area contributed by atoms with Crippen molar-refractivity contribution in [2.24, 2.45) is 0 Å². The number of hydrogen-bond acceptors (Lipinski definition) is 6. The van der Waals surface area contributed by atoms with Crippen molar-refractivity contribution in [2.45, 2.75) is 6.54 Å². The minimum absolute atomic E-state index is 0.318. The normalized spacial score (nSPS) is 15.3. The van der Waals surface area contributed by atoms with E-state index in [1.54, 1.807) is 12.4 Å². The number of piperazine rings is 1. The molecule has 4 heterocycles. The molecule has 0 unspecified atom stereocenters. The summed E-state index contributed by atoms with van der Waals surface area (Å²) in [4.78, 5) is 17.4. The predicted octanol–water partition coefficient (Wildman–Crippen LogP) is 2.22. The molecule has 0 radical (unpaired) electrons. The fraction of sp³-hybridized carbons (Fsp3) is 0.278. The molecule has 0 bridgehead atoms. The van der Waals surface area contributed by atoms with Crippen molar-refractivity contribution in [3.8, 4) is 5.82 Å². The Bertz CT molecular complexity index is 869. The molecule has 0 atom stereocenters. The highest BCUT2D eigenvalue weighted by atomic mass is 35.5. The zero-order chi connectivity index (χ0) is 17.9. The highest BCUT2D eigenvalue weighted by molar-refractivity contribution is 6.30. The minimum Gasteiger partial charge on any atom is -0.368 e. The predicted molar refractivity (Wildman–Crippen MR) is 103 cm³/mol. The summed E-state index contributed by atoms with van der Waals surface area (Å²) in [6.07, 6.45) is 5.41. The molecule has 0 aliphatic carbocycles. The van der Waals surface area contributed by atoms with Gasteiger partial charge in [-0.15, -0.1) is 0 Å². The summed E-state index contributed by atoms with van der Waals surface area (Å²) in [5, 5.41) is 0.643. The van der Waals surface area contributed by atoms with E-state index in [2.05, 4.69) is 35.4 Å². The van der Waals surface area contributed by atoms with E-state index < -0.39 is 0 Å². The summed E-state index contributed by atoms with van der Waals surface area (Å²) in [6, 6.07) is 9.88. The summed E-state index contributed by atoms with van der Waals surface area (Å²) in [6.45, 7) is 4.62. The third-order valence-electron chi connectivity index (χ3n) is 4.53. The van der Waals surface area contributed by atoms with Crippen LogP contribution in [0.2, 0.25) is 5.02 Å². The number of aromatic nitrogens is 4. The zero-order valence-corrected chi connectivity index (χ0v) is 15.0. The van der Waals surface area contributed by atoms with Gasteiger partial charge in [0.15, 0.2) is 0 Å². The summed E-state index contributed by atoms with van der Waals surface area (Å²) in [7, 11) is 0. The van der Waals surface area contributed by atoms with Gasteiger partial charge in [-0.2, -0.15) is 4.98 Å². The Morgan fingerprint density at radius 1 is 1.00 bits per heavy atom. The van der Waals surface area contributed by atoms with Gasteiger partial charge in [0.2, 0.25) is 5.95 Å². The minimum atomic E-state index is 0.318.